The van der Waals surface area contributed by atoms with E-state index < -0.39 is 0 Å². The maximum absolute atomic E-state index is 11.9. The fourth-order valence-corrected chi connectivity index (χ4v) is 2.69. The Balaban J connectivity index is 1.88. The van der Waals surface area contributed by atoms with Crippen molar-refractivity contribution in [3.8, 4) is 0 Å². The molecular formula is C17H27N3O. The molecule has 1 aliphatic rings. The van der Waals surface area contributed by atoms with Crippen LogP contribution >= 0.6 is 0 Å². The number of nitrogens with one attached hydrogen (secondary N) is 1. The molecule has 1 saturated heterocycles. The lowest BCUT2D eigenvalue weighted by molar-refractivity contribution is -0.129. The molecule has 1 fully saturated rings. The predicted molar refractivity (Wildman–Crippen MR) is 87.5 cm³/mol. The van der Waals surface area contributed by atoms with E-state index in [1.165, 1.54) is 43.6 Å². The minimum atomic E-state index is 0.136. The van der Waals surface area contributed by atoms with Crippen LogP contribution in [0.4, 0.5) is 5.69 Å². The van der Waals surface area contributed by atoms with E-state index in [2.05, 4.69) is 34.5 Å². The van der Waals surface area contributed by atoms with Crippen molar-refractivity contribution in [3.05, 3.63) is 29.8 Å². The summed E-state index contributed by atoms with van der Waals surface area (Å²) < 4.78 is 0. The van der Waals surface area contributed by atoms with Crippen LogP contribution in [0.2, 0.25) is 0 Å². The molecule has 21 heavy (non-hydrogen) atoms. The van der Waals surface area contributed by atoms with Crippen LogP contribution in [-0.4, -0.2) is 44.0 Å². The van der Waals surface area contributed by atoms with Crippen molar-refractivity contribution in [1.29, 1.82) is 0 Å². The first kappa shape index (κ1) is 15.8. The number of hydrogen-bond acceptors (Lipinski definition) is 3. The van der Waals surface area contributed by atoms with E-state index >= 15 is 0 Å². The SMILES string of the molecule is CCNCC(=O)N(C)Cc1ccc(N2CCCCC2)cc1. The maximum atomic E-state index is 11.9. The van der Waals surface area contributed by atoms with Crippen LogP contribution in [0, 0.1) is 0 Å². The van der Waals surface area contributed by atoms with E-state index in [0.29, 0.717) is 13.1 Å². The van der Waals surface area contributed by atoms with Crippen LogP contribution in [0.3, 0.4) is 0 Å². The van der Waals surface area contributed by atoms with Gasteiger partial charge in [-0.2, -0.15) is 0 Å². The summed E-state index contributed by atoms with van der Waals surface area (Å²) in [5, 5.41) is 3.07. The number of piperidine rings is 1. The number of carbonyl (C=O) groups is 1. The van der Waals surface area contributed by atoms with Crippen LogP contribution in [-0.2, 0) is 11.3 Å². The molecule has 0 aromatic heterocycles. The average molecular weight is 289 g/mol. The van der Waals surface area contributed by atoms with Crippen molar-refractivity contribution in [1.82, 2.24) is 10.2 Å². The Morgan fingerprint density at radius 1 is 1.19 bits per heavy atom. The van der Waals surface area contributed by atoms with Crippen LogP contribution < -0.4 is 10.2 Å². The topological polar surface area (TPSA) is 35.6 Å². The summed E-state index contributed by atoms with van der Waals surface area (Å²) in [6.45, 7) is 6.25. The molecule has 2 rings (SSSR count). The number of anilines is 1. The van der Waals surface area contributed by atoms with Gasteiger partial charge in [0, 0.05) is 32.4 Å². The van der Waals surface area contributed by atoms with Gasteiger partial charge in [-0.05, 0) is 43.5 Å². The zero-order chi connectivity index (χ0) is 15.1. The van der Waals surface area contributed by atoms with Gasteiger partial charge in [-0.25, -0.2) is 0 Å². The van der Waals surface area contributed by atoms with Crippen molar-refractivity contribution in [2.45, 2.75) is 32.7 Å². The largest absolute Gasteiger partial charge is 0.372 e. The molecule has 0 aliphatic carbocycles. The normalized spacial score (nSPS) is 15.0. The van der Waals surface area contributed by atoms with E-state index in [1.807, 2.05) is 14.0 Å². The van der Waals surface area contributed by atoms with Gasteiger partial charge in [-0.15, -0.1) is 0 Å². The van der Waals surface area contributed by atoms with E-state index in [-0.39, 0.29) is 5.91 Å². The van der Waals surface area contributed by atoms with E-state index in [1.54, 1.807) is 4.90 Å². The smallest absolute Gasteiger partial charge is 0.236 e. The molecular weight excluding hydrogens is 262 g/mol. The third-order valence-electron chi connectivity index (χ3n) is 4.03. The van der Waals surface area contributed by atoms with Gasteiger partial charge in [-0.1, -0.05) is 19.1 Å². The minimum absolute atomic E-state index is 0.136. The van der Waals surface area contributed by atoms with Crippen LogP contribution in [0.25, 0.3) is 0 Å². The van der Waals surface area contributed by atoms with Gasteiger partial charge in [0.1, 0.15) is 0 Å². The lowest BCUT2D eigenvalue weighted by atomic mass is 10.1. The molecule has 4 heteroatoms. The van der Waals surface area contributed by atoms with Crippen molar-refractivity contribution in [2.75, 3.05) is 38.1 Å². The van der Waals surface area contributed by atoms with Gasteiger partial charge in [0.15, 0.2) is 0 Å². The molecule has 0 unspecified atom stereocenters. The second kappa shape index (κ2) is 8.03. The molecule has 1 aromatic rings. The van der Waals surface area contributed by atoms with Gasteiger partial charge in [0.2, 0.25) is 5.91 Å². The molecule has 1 aromatic carbocycles. The summed E-state index contributed by atoms with van der Waals surface area (Å²) in [6.07, 6.45) is 3.94. The Morgan fingerprint density at radius 2 is 1.86 bits per heavy atom. The zero-order valence-electron chi connectivity index (χ0n) is 13.3. The second-order valence-electron chi connectivity index (χ2n) is 5.74. The minimum Gasteiger partial charge on any atom is -0.372 e. The molecule has 0 saturated carbocycles. The summed E-state index contributed by atoms with van der Waals surface area (Å²) in [6, 6.07) is 8.65. The summed E-state index contributed by atoms with van der Waals surface area (Å²) >= 11 is 0. The van der Waals surface area contributed by atoms with E-state index in [4.69, 9.17) is 0 Å². The number of hydrogen-bond donors (Lipinski definition) is 1. The van der Waals surface area contributed by atoms with Crippen LogP contribution in [0.15, 0.2) is 24.3 Å². The molecule has 0 spiro atoms. The van der Waals surface area contributed by atoms with Gasteiger partial charge in [-0.3, -0.25) is 4.79 Å². The molecule has 1 heterocycles. The predicted octanol–water partition coefficient (Wildman–Crippen LogP) is 2.24. The molecule has 116 valence electrons. The Bertz CT molecular complexity index is 438. The van der Waals surface area contributed by atoms with Crippen molar-refractivity contribution in [3.63, 3.8) is 0 Å². The van der Waals surface area contributed by atoms with Crippen LogP contribution in [0.1, 0.15) is 31.7 Å². The number of carbonyl (C=O) groups excluding carboxylic acids is 1. The zero-order valence-corrected chi connectivity index (χ0v) is 13.3. The number of benzene rings is 1. The highest BCUT2D eigenvalue weighted by Crippen LogP contribution is 2.20. The number of nitrogens with zero attached hydrogens (tertiary/aromatic N) is 2. The van der Waals surface area contributed by atoms with Crippen LogP contribution in [0.5, 0.6) is 0 Å². The molecule has 1 N–H and O–H groups in total. The fraction of sp³-hybridized carbons (Fsp3) is 0.588. The average Bonchev–Trinajstić information content (AvgIpc) is 2.54. The fourth-order valence-electron chi connectivity index (χ4n) is 2.69. The quantitative estimate of drug-likeness (QED) is 0.872. The van der Waals surface area contributed by atoms with Gasteiger partial charge in [0.05, 0.1) is 6.54 Å². The molecule has 1 amide bonds. The summed E-state index contributed by atoms with van der Waals surface area (Å²) in [4.78, 5) is 16.1. The van der Waals surface area contributed by atoms with Crippen molar-refractivity contribution < 1.29 is 4.79 Å². The highest BCUT2D eigenvalue weighted by molar-refractivity contribution is 5.77. The third kappa shape index (κ3) is 4.74. The first-order valence-electron chi connectivity index (χ1n) is 7.99. The van der Waals surface area contributed by atoms with Gasteiger partial charge < -0.3 is 15.1 Å². The summed E-state index contributed by atoms with van der Waals surface area (Å²) in [5.74, 6) is 0.136. The Labute approximate surface area is 128 Å². The summed E-state index contributed by atoms with van der Waals surface area (Å²) in [7, 11) is 1.86. The Kier molecular flexibility index (Phi) is 6.05. The standard InChI is InChI=1S/C17H27N3O/c1-3-18-13-17(21)19(2)14-15-7-9-16(10-8-15)20-11-5-4-6-12-20/h7-10,18H,3-6,11-14H2,1-2H3. The van der Waals surface area contributed by atoms with Gasteiger partial charge >= 0.3 is 0 Å². The number of likely N-dealkylation sites (N-methyl/N-ethyl adjacent to an activating group) is 2. The Hall–Kier alpha value is -1.55. The van der Waals surface area contributed by atoms with Crippen molar-refractivity contribution in [2.24, 2.45) is 0 Å². The molecule has 0 atom stereocenters. The number of rotatable bonds is 6. The second-order valence-corrected chi connectivity index (χ2v) is 5.74. The van der Waals surface area contributed by atoms with E-state index in [9.17, 15) is 4.79 Å². The Morgan fingerprint density at radius 3 is 2.48 bits per heavy atom. The number of amides is 1. The third-order valence-corrected chi connectivity index (χ3v) is 4.03. The lowest BCUT2D eigenvalue weighted by Crippen LogP contribution is -2.35. The highest BCUT2D eigenvalue weighted by Gasteiger charge is 2.12. The van der Waals surface area contributed by atoms with Gasteiger partial charge in [0.25, 0.3) is 0 Å². The molecule has 0 bridgehead atoms. The highest BCUT2D eigenvalue weighted by atomic mass is 16.2. The maximum Gasteiger partial charge on any atom is 0.236 e. The van der Waals surface area contributed by atoms with E-state index in [0.717, 1.165) is 6.54 Å². The lowest BCUT2D eigenvalue weighted by Gasteiger charge is -2.29. The first-order valence-corrected chi connectivity index (χ1v) is 7.99. The van der Waals surface area contributed by atoms with Crippen molar-refractivity contribution >= 4 is 11.6 Å². The molecule has 0 radical (unpaired) electrons. The summed E-state index contributed by atoms with van der Waals surface area (Å²) in [5.41, 5.74) is 2.49. The first-order chi connectivity index (χ1) is 10.2. The monoisotopic (exact) mass is 289 g/mol. The molecule has 1 aliphatic heterocycles. The molecule has 4 nitrogen and oxygen atoms in total.